The highest BCUT2D eigenvalue weighted by atomic mass is 35.5. The molecule has 0 bridgehead atoms. The van der Waals surface area contributed by atoms with Crippen LogP contribution in [0, 0.1) is 6.92 Å². The van der Waals surface area contributed by atoms with Crippen LogP contribution in [0.15, 0.2) is 36.4 Å². The van der Waals surface area contributed by atoms with Crippen molar-refractivity contribution in [3.05, 3.63) is 58.4 Å². The summed E-state index contributed by atoms with van der Waals surface area (Å²) in [6.45, 7) is 5.29. The number of ether oxygens (including phenoxy) is 1. The van der Waals surface area contributed by atoms with Gasteiger partial charge in [-0.1, -0.05) is 17.7 Å². The van der Waals surface area contributed by atoms with Gasteiger partial charge in [-0.25, -0.2) is 0 Å². The van der Waals surface area contributed by atoms with Crippen molar-refractivity contribution < 1.29 is 9.53 Å². The average molecular weight is 413 g/mol. The third-order valence-corrected chi connectivity index (χ3v) is 6.54. The normalized spacial score (nSPS) is 25.7. The summed E-state index contributed by atoms with van der Waals surface area (Å²) in [4.78, 5) is 19.7. The number of nitrogens with one attached hydrogen (secondary N) is 2. The van der Waals surface area contributed by atoms with Gasteiger partial charge >= 0.3 is 0 Å². The van der Waals surface area contributed by atoms with Gasteiger partial charge < -0.3 is 15.4 Å². The Morgan fingerprint density at radius 3 is 2.83 bits per heavy atom. The monoisotopic (exact) mass is 412 g/mol. The number of pyridine rings is 1. The minimum atomic E-state index is -0.543. The molecular formula is C22H25ClN4O2. The fourth-order valence-corrected chi connectivity index (χ4v) is 5.00. The molecule has 2 spiro atoms. The SMILES string of the molecule is Cc1cccc(CN2CCC3(CC2)CC2(CO3)NC(=O)c3cc(Cl)ccc3N2)n1. The van der Waals surface area contributed by atoms with E-state index < -0.39 is 5.66 Å². The second-order valence-electron chi connectivity index (χ2n) is 8.55. The van der Waals surface area contributed by atoms with E-state index in [1.165, 1.54) is 0 Å². The van der Waals surface area contributed by atoms with Crippen LogP contribution in [-0.4, -0.2) is 46.8 Å². The van der Waals surface area contributed by atoms with Crippen molar-refractivity contribution >= 4 is 23.2 Å². The number of rotatable bonds is 2. The first-order chi connectivity index (χ1) is 13.9. The van der Waals surface area contributed by atoms with Crippen molar-refractivity contribution in [2.75, 3.05) is 25.0 Å². The van der Waals surface area contributed by atoms with Gasteiger partial charge in [0.15, 0.2) is 0 Å². The van der Waals surface area contributed by atoms with Crippen LogP contribution in [0.4, 0.5) is 5.69 Å². The number of anilines is 1. The van der Waals surface area contributed by atoms with Crippen LogP contribution in [0.3, 0.4) is 0 Å². The number of nitrogens with zero attached hydrogens (tertiary/aromatic N) is 2. The van der Waals surface area contributed by atoms with Gasteiger partial charge in [0.1, 0.15) is 5.66 Å². The lowest BCUT2D eigenvalue weighted by molar-refractivity contribution is -0.0454. The molecule has 0 radical (unpaired) electrons. The lowest BCUT2D eigenvalue weighted by Crippen LogP contribution is -2.59. The zero-order valence-corrected chi connectivity index (χ0v) is 17.3. The molecule has 2 fully saturated rings. The fourth-order valence-electron chi connectivity index (χ4n) is 4.83. The number of hydrogen-bond donors (Lipinski definition) is 2. The Balaban J connectivity index is 1.25. The van der Waals surface area contributed by atoms with Crippen molar-refractivity contribution in [3.8, 4) is 0 Å². The van der Waals surface area contributed by atoms with E-state index in [-0.39, 0.29) is 11.5 Å². The summed E-state index contributed by atoms with van der Waals surface area (Å²) in [7, 11) is 0. The molecular weight excluding hydrogens is 388 g/mol. The first-order valence-corrected chi connectivity index (χ1v) is 10.5. The number of aromatic nitrogens is 1. The molecule has 7 heteroatoms. The number of fused-ring (bicyclic) bond motifs is 1. The van der Waals surface area contributed by atoms with Crippen LogP contribution in [0.5, 0.6) is 0 Å². The molecule has 0 saturated carbocycles. The molecule has 2 aromatic rings. The van der Waals surface area contributed by atoms with Gasteiger partial charge in [-0.3, -0.25) is 14.7 Å². The summed E-state index contributed by atoms with van der Waals surface area (Å²) in [6, 6.07) is 11.6. The molecule has 1 aromatic heterocycles. The van der Waals surface area contributed by atoms with E-state index in [2.05, 4.69) is 32.7 Å². The van der Waals surface area contributed by atoms with Crippen LogP contribution >= 0.6 is 11.6 Å². The molecule has 152 valence electrons. The highest BCUT2D eigenvalue weighted by Gasteiger charge is 2.53. The van der Waals surface area contributed by atoms with E-state index in [1.54, 1.807) is 6.07 Å². The highest BCUT2D eigenvalue weighted by Crippen LogP contribution is 2.43. The third kappa shape index (κ3) is 3.61. The maximum atomic E-state index is 12.7. The number of halogens is 1. The van der Waals surface area contributed by atoms with Gasteiger partial charge in [-0.05, 0) is 50.1 Å². The van der Waals surface area contributed by atoms with Gasteiger partial charge in [0.25, 0.3) is 5.91 Å². The molecule has 3 aliphatic rings. The van der Waals surface area contributed by atoms with Crippen molar-refractivity contribution in [1.29, 1.82) is 0 Å². The zero-order valence-electron chi connectivity index (χ0n) is 16.5. The highest BCUT2D eigenvalue weighted by molar-refractivity contribution is 6.31. The Morgan fingerprint density at radius 2 is 2.03 bits per heavy atom. The topological polar surface area (TPSA) is 66.5 Å². The van der Waals surface area contributed by atoms with Crippen molar-refractivity contribution in [2.45, 2.75) is 44.0 Å². The van der Waals surface area contributed by atoms with Crippen molar-refractivity contribution in [2.24, 2.45) is 0 Å². The predicted octanol–water partition coefficient (Wildman–Crippen LogP) is 3.35. The molecule has 2 N–H and O–H groups in total. The number of likely N-dealkylation sites (tertiary alicyclic amines) is 1. The Labute approximate surface area is 175 Å². The zero-order chi connectivity index (χ0) is 20.1. The Bertz CT molecular complexity index is 958. The number of aryl methyl sites for hydroxylation is 1. The number of carbonyl (C=O) groups excluding carboxylic acids is 1. The standard InChI is InChI=1S/C22H25ClN4O2/c1-15-3-2-4-17(24-15)12-27-9-7-21(8-10-27)13-22(14-29-21)25-19-6-5-16(23)11-18(19)20(28)26-22/h2-6,11,25H,7-10,12-14H2,1H3,(H,26,28). The summed E-state index contributed by atoms with van der Waals surface area (Å²) in [5.41, 5.74) is 2.84. The summed E-state index contributed by atoms with van der Waals surface area (Å²) in [5.74, 6) is -0.0927. The van der Waals surface area contributed by atoms with E-state index in [0.717, 1.165) is 56.0 Å². The lowest BCUT2D eigenvalue weighted by Gasteiger charge is -2.41. The smallest absolute Gasteiger partial charge is 0.255 e. The first kappa shape index (κ1) is 18.9. The van der Waals surface area contributed by atoms with Gasteiger partial charge in [-0.15, -0.1) is 0 Å². The number of piperidine rings is 1. The number of benzene rings is 1. The molecule has 6 nitrogen and oxygen atoms in total. The summed E-state index contributed by atoms with van der Waals surface area (Å²) in [5, 5.41) is 7.23. The van der Waals surface area contributed by atoms with Gasteiger partial charge in [0.2, 0.25) is 0 Å². The molecule has 5 rings (SSSR count). The molecule has 0 aliphatic carbocycles. The van der Waals surface area contributed by atoms with Crippen LogP contribution in [0.1, 0.15) is 41.0 Å². The van der Waals surface area contributed by atoms with E-state index in [1.807, 2.05) is 25.1 Å². The molecule has 3 aliphatic heterocycles. The Morgan fingerprint density at radius 1 is 1.21 bits per heavy atom. The molecule has 29 heavy (non-hydrogen) atoms. The van der Waals surface area contributed by atoms with Gasteiger partial charge in [0.05, 0.1) is 23.5 Å². The number of amides is 1. The van der Waals surface area contributed by atoms with E-state index in [4.69, 9.17) is 16.3 Å². The lowest BCUT2D eigenvalue weighted by atomic mass is 9.84. The van der Waals surface area contributed by atoms with E-state index >= 15 is 0 Å². The maximum absolute atomic E-state index is 12.7. The number of hydrogen-bond acceptors (Lipinski definition) is 5. The fraction of sp³-hybridized carbons (Fsp3) is 0.455. The summed E-state index contributed by atoms with van der Waals surface area (Å²) >= 11 is 6.05. The molecule has 1 unspecified atom stereocenters. The minimum absolute atomic E-state index is 0.0927. The summed E-state index contributed by atoms with van der Waals surface area (Å²) < 4.78 is 6.33. The molecule has 1 atom stereocenters. The largest absolute Gasteiger partial charge is 0.370 e. The second-order valence-corrected chi connectivity index (χ2v) is 8.98. The summed E-state index contributed by atoms with van der Waals surface area (Å²) in [6.07, 6.45) is 2.67. The minimum Gasteiger partial charge on any atom is -0.370 e. The molecule has 1 aromatic carbocycles. The van der Waals surface area contributed by atoms with Crippen LogP contribution in [0.2, 0.25) is 5.02 Å². The van der Waals surface area contributed by atoms with Gasteiger partial charge in [0, 0.05) is 42.5 Å². The quantitative estimate of drug-likeness (QED) is 0.791. The molecule has 2 saturated heterocycles. The molecule has 1 amide bonds. The van der Waals surface area contributed by atoms with Gasteiger partial charge in [-0.2, -0.15) is 0 Å². The molecule has 4 heterocycles. The van der Waals surface area contributed by atoms with E-state index in [0.29, 0.717) is 17.2 Å². The van der Waals surface area contributed by atoms with Crippen LogP contribution < -0.4 is 10.6 Å². The van der Waals surface area contributed by atoms with E-state index in [9.17, 15) is 4.79 Å². The second kappa shape index (κ2) is 6.97. The van der Waals surface area contributed by atoms with Crippen molar-refractivity contribution in [1.82, 2.24) is 15.2 Å². The Hall–Kier alpha value is -2.15. The average Bonchev–Trinajstić information content (AvgIpc) is 3.02. The first-order valence-electron chi connectivity index (χ1n) is 10.1. The predicted molar refractivity (Wildman–Crippen MR) is 112 cm³/mol. The van der Waals surface area contributed by atoms with Crippen LogP contribution in [-0.2, 0) is 11.3 Å². The number of carbonyl (C=O) groups is 1. The maximum Gasteiger partial charge on any atom is 0.255 e. The third-order valence-electron chi connectivity index (χ3n) is 6.30. The van der Waals surface area contributed by atoms with Crippen LogP contribution in [0.25, 0.3) is 0 Å². The Kier molecular flexibility index (Phi) is 4.53. The van der Waals surface area contributed by atoms with Crippen molar-refractivity contribution in [3.63, 3.8) is 0 Å².